The van der Waals surface area contributed by atoms with Crippen molar-refractivity contribution in [3.8, 4) is 0 Å². The molecule has 5 aliphatic carbocycles. The van der Waals surface area contributed by atoms with Crippen molar-refractivity contribution < 1.29 is 9.59 Å². The molecule has 138 valence electrons. The topological polar surface area (TPSA) is 34.1 Å². The second-order valence-corrected chi connectivity index (χ2v) is 9.16. The van der Waals surface area contributed by atoms with Crippen molar-refractivity contribution in [2.24, 2.45) is 22.7 Å². The Morgan fingerprint density at radius 1 is 1.23 bits per heavy atom. The highest BCUT2D eigenvalue weighted by molar-refractivity contribution is 5.92. The average molecular weight is 351 g/mol. The normalized spacial score (nSPS) is 36.0. The standard InChI is InChI=1S/C21H26O.C3H4O/c1-13-3-4-16-15(13)5-6-18-17(16)12-21(9-10-21)19-11-14(22)7-8-20(18,19)2;1-2-3-4/h4,11,13,15H,3,5-10,12H2,1-2H3;2-3H,1H2. The van der Waals surface area contributed by atoms with Crippen molar-refractivity contribution in [2.75, 3.05) is 0 Å². The van der Waals surface area contributed by atoms with E-state index in [0.29, 0.717) is 17.5 Å². The largest absolute Gasteiger partial charge is 0.299 e. The molecule has 0 saturated heterocycles. The molecule has 3 atom stereocenters. The van der Waals surface area contributed by atoms with Crippen LogP contribution in [0.4, 0.5) is 0 Å². The zero-order valence-corrected chi connectivity index (χ0v) is 16.1. The predicted molar refractivity (Wildman–Crippen MR) is 105 cm³/mol. The molecule has 1 spiro atoms. The molecule has 5 rings (SSSR count). The van der Waals surface area contributed by atoms with Crippen LogP contribution in [0.3, 0.4) is 0 Å². The Bertz CT molecular complexity index is 753. The number of carbonyl (C=O) groups is 2. The summed E-state index contributed by atoms with van der Waals surface area (Å²) in [5, 5.41) is 0. The molecule has 0 aromatic carbocycles. The molecule has 1 saturated carbocycles. The first kappa shape index (κ1) is 17.7. The predicted octanol–water partition coefficient (Wildman–Crippen LogP) is 5.51. The van der Waals surface area contributed by atoms with Crippen molar-refractivity contribution in [1.29, 1.82) is 0 Å². The molecule has 0 N–H and O–H groups in total. The Labute approximate surface area is 157 Å². The van der Waals surface area contributed by atoms with Crippen LogP contribution in [0.2, 0.25) is 0 Å². The zero-order valence-electron chi connectivity index (χ0n) is 16.1. The minimum Gasteiger partial charge on any atom is -0.299 e. The Morgan fingerprint density at radius 2 is 1.96 bits per heavy atom. The van der Waals surface area contributed by atoms with Gasteiger partial charge in [0.1, 0.15) is 6.29 Å². The van der Waals surface area contributed by atoms with E-state index in [2.05, 4.69) is 32.6 Å². The number of fused-ring (bicyclic) bond motifs is 5. The van der Waals surface area contributed by atoms with Crippen LogP contribution in [0, 0.1) is 22.7 Å². The van der Waals surface area contributed by atoms with Crippen LogP contribution in [0.1, 0.15) is 65.2 Å². The summed E-state index contributed by atoms with van der Waals surface area (Å²) in [6.07, 6.45) is 16.0. The first-order valence-electron chi connectivity index (χ1n) is 10.2. The first-order chi connectivity index (χ1) is 12.4. The highest BCUT2D eigenvalue weighted by Gasteiger charge is 2.58. The maximum Gasteiger partial charge on any atom is 0.155 e. The lowest BCUT2D eigenvalue weighted by molar-refractivity contribution is -0.115. The summed E-state index contributed by atoms with van der Waals surface area (Å²) in [5.41, 5.74) is 7.29. The number of allylic oxidation sites excluding steroid dienone is 7. The third-order valence-electron chi connectivity index (χ3n) is 7.69. The quantitative estimate of drug-likeness (QED) is 0.461. The van der Waals surface area contributed by atoms with Gasteiger partial charge in [-0.15, -0.1) is 0 Å². The second-order valence-electron chi connectivity index (χ2n) is 9.16. The van der Waals surface area contributed by atoms with Crippen molar-refractivity contribution >= 4 is 12.1 Å². The minimum atomic E-state index is 0.204. The fourth-order valence-corrected chi connectivity index (χ4v) is 6.15. The molecule has 5 aliphatic rings. The van der Waals surface area contributed by atoms with Crippen LogP contribution in [0.15, 0.2) is 47.1 Å². The molecule has 0 heterocycles. The number of aldehydes is 1. The van der Waals surface area contributed by atoms with Gasteiger partial charge in [0, 0.05) is 11.8 Å². The zero-order chi connectivity index (χ0) is 18.5. The summed E-state index contributed by atoms with van der Waals surface area (Å²) in [7, 11) is 0. The van der Waals surface area contributed by atoms with Gasteiger partial charge in [-0.1, -0.05) is 37.6 Å². The highest BCUT2D eigenvalue weighted by Crippen LogP contribution is 2.70. The summed E-state index contributed by atoms with van der Waals surface area (Å²) in [6, 6.07) is 0. The summed E-state index contributed by atoms with van der Waals surface area (Å²) >= 11 is 0. The molecule has 26 heavy (non-hydrogen) atoms. The van der Waals surface area contributed by atoms with E-state index < -0.39 is 0 Å². The Balaban J connectivity index is 0.000000385. The first-order valence-corrected chi connectivity index (χ1v) is 10.2. The lowest BCUT2D eigenvalue weighted by Gasteiger charge is -2.50. The average Bonchev–Trinajstić information content (AvgIpc) is 3.31. The lowest BCUT2D eigenvalue weighted by atomic mass is 9.54. The van der Waals surface area contributed by atoms with Crippen molar-refractivity contribution in [3.05, 3.63) is 47.1 Å². The summed E-state index contributed by atoms with van der Waals surface area (Å²) in [5.74, 6) is 2.05. The van der Waals surface area contributed by atoms with Gasteiger partial charge in [-0.2, -0.15) is 0 Å². The summed E-state index contributed by atoms with van der Waals surface area (Å²) in [6.45, 7) is 8.00. The van der Waals surface area contributed by atoms with Crippen molar-refractivity contribution in [3.63, 3.8) is 0 Å². The molecular weight excluding hydrogens is 320 g/mol. The van der Waals surface area contributed by atoms with E-state index in [1.54, 1.807) is 16.7 Å². The second kappa shape index (κ2) is 6.18. The number of hydrogen-bond donors (Lipinski definition) is 0. The molecule has 3 unspecified atom stereocenters. The molecule has 2 heteroatoms. The van der Waals surface area contributed by atoms with Gasteiger partial charge in [0.2, 0.25) is 0 Å². The third kappa shape index (κ3) is 2.52. The van der Waals surface area contributed by atoms with Crippen molar-refractivity contribution in [1.82, 2.24) is 0 Å². The maximum absolute atomic E-state index is 12.1. The lowest BCUT2D eigenvalue weighted by Crippen LogP contribution is -2.39. The van der Waals surface area contributed by atoms with E-state index in [1.165, 1.54) is 50.2 Å². The van der Waals surface area contributed by atoms with Gasteiger partial charge in [-0.05, 0) is 85.5 Å². The van der Waals surface area contributed by atoms with E-state index in [0.717, 1.165) is 24.7 Å². The maximum atomic E-state index is 12.1. The SMILES string of the molecule is C=CC=O.CC1CC=C2C3=C(CCC21)C1(C)CCC(=O)C=C1C1(CC1)C3. The molecular formula is C24H30O2. The van der Waals surface area contributed by atoms with Gasteiger partial charge < -0.3 is 0 Å². The number of carbonyl (C=O) groups excluding carboxylic acids is 2. The molecule has 0 radical (unpaired) electrons. The van der Waals surface area contributed by atoms with Crippen LogP contribution in [-0.2, 0) is 9.59 Å². The number of rotatable bonds is 1. The third-order valence-corrected chi connectivity index (χ3v) is 7.69. The highest BCUT2D eigenvalue weighted by atomic mass is 16.1. The van der Waals surface area contributed by atoms with E-state index in [1.807, 2.05) is 0 Å². The van der Waals surface area contributed by atoms with Crippen LogP contribution < -0.4 is 0 Å². The Kier molecular flexibility index (Phi) is 4.21. The molecule has 0 aromatic heterocycles. The molecule has 2 nitrogen and oxygen atoms in total. The monoisotopic (exact) mass is 350 g/mol. The van der Waals surface area contributed by atoms with E-state index in [4.69, 9.17) is 4.79 Å². The summed E-state index contributed by atoms with van der Waals surface area (Å²) in [4.78, 5) is 21.1. The van der Waals surface area contributed by atoms with E-state index in [9.17, 15) is 4.79 Å². The molecule has 0 aliphatic heterocycles. The van der Waals surface area contributed by atoms with E-state index in [-0.39, 0.29) is 5.41 Å². The van der Waals surface area contributed by atoms with Crippen LogP contribution in [0.25, 0.3) is 0 Å². The summed E-state index contributed by atoms with van der Waals surface area (Å²) < 4.78 is 0. The van der Waals surface area contributed by atoms with Gasteiger partial charge in [-0.25, -0.2) is 0 Å². The number of hydrogen-bond acceptors (Lipinski definition) is 2. The van der Waals surface area contributed by atoms with Crippen LogP contribution in [0.5, 0.6) is 0 Å². The van der Waals surface area contributed by atoms with Crippen LogP contribution in [-0.4, -0.2) is 12.1 Å². The molecule has 0 bridgehead atoms. The van der Waals surface area contributed by atoms with Crippen LogP contribution >= 0.6 is 0 Å². The number of ketones is 1. The van der Waals surface area contributed by atoms with Gasteiger partial charge in [0.15, 0.2) is 5.78 Å². The Morgan fingerprint density at radius 3 is 2.62 bits per heavy atom. The Hall–Kier alpha value is -1.70. The van der Waals surface area contributed by atoms with Gasteiger partial charge >= 0.3 is 0 Å². The molecule has 0 amide bonds. The van der Waals surface area contributed by atoms with Gasteiger partial charge in [-0.3, -0.25) is 9.59 Å². The van der Waals surface area contributed by atoms with Gasteiger partial charge in [0.05, 0.1) is 0 Å². The fraction of sp³-hybridized carbons (Fsp3) is 0.583. The van der Waals surface area contributed by atoms with E-state index >= 15 is 0 Å². The molecule has 1 fully saturated rings. The van der Waals surface area contributed by atoms with Crippen molar-refractivity contribution in [2.45, 2.75) is 65.2 Å². The van der Waals surface area contributed by atoms with Gasteiger partial charge in [0.25, 0.3) is 0 Å². The fourth-order valence-electron chi connectivity index (χ4n) is 6.15. The smallest absolute Gasteiger partial charge is 0.155 e. The minimum absolute atomic E-state index is 0.204. The molecule has 0 aromatic rings.